The summed E-state index contributed by atoms with van der Waals surface area (Å²) < 4.78 is 0. The lowest BCUT2D eigenvalue weighted by molar-refractivity contribution is 0.0955. The minimum absolute atomic E-state index is 0.0162. The van der Waals surface area contributed by atoms with E-state index in [4.69, 9.17) is 23.2 Å². The maximum atomic E-state index is 12.6. The number of fused-ring (bicyclic) bond motifs is 2. The van der Waals surface area contributed by atoms with Gasteiger partial charge in [0.2, 0.25) is 0 Å². The van der Waals surface area contributed by atoms with Gasteiger partial charge in [-0.2, -0.15) is 0 Å². The Labute approximate surface area is 165 Å². The second-order valence-electron chi connectivity index (χ2n) is 6.31. The van der Waals surface area contributed by atoms with E-state index in [1.54, 1.807) is 11.3 Å². The van der Waals surface area contributed by atoms with Crippen LogP contribution >= 0.6 is 46.3 Å². The van der Waals surface area contributed by atoms with Crippen LogP contribution in [0.15, 0.2) is 35.2 Å². The third kappa shape index (κ3) is 3.77. The molecular formula is C19H17Cl2NOS2. The standard InChI is InChI=1S/C19H17Cl2NOS2/c20-13-3-1-2-11(6-13)9-22-19(23)17-7-12-10-24-16-8-14(21)4-5-15(16)18(12)25-17/h1-3,6-7,14H,4-5,8-10H2,(H,22,23). The normalized spacial score (nSPS) is 19.4. The summed E-state index contributed by atoms with van der Waals surface area (Å²) in [6.07, 6.45) is 3.01. The van der Waals surface area contributed by atoms with Gasteiger partial charge in [-0.15, -0.1) is 34.7 Å². The predicted molar refractivity (Wildman–Crippen MR) is 109 cm³/mol. The molecule has 2 aliphatic rings. The summed E-state index contributed by atoms with van der Waals surface area (Å²) in [5, 5.41) is 3.94. The molecule has 1 aliphatic heterocycles. The van der Waals surface area contributed by atoms with Crippen LogP contribution in [0.3, 0.4) is 0 Å². The molecule has 2 heterocycles. The van der Waals surface area contributed by atoms with Gasteiger partial charge in [-0.05, 0) is 59.1 Å². The molecule has 2 nitrogen and oxygen atoms in total. The second-order valence-corrected chi connectivity index (χ2v) is 9.48. The zero-order valence-electron chi connectivity index (χ0n) is 13.5. The van der Waals surface area contributed by atoms with E-state index < -0.39 is 0 Å². The minimum atomic E-state index is -0.0162. The molecule has 25 heavy (non-hydrogen) atoms. The fraction of sp³-hybridized carbons (Fsp3) is 0.316. The molecule has 2 aromatic rings. The first-order chi connectivity index (χ1) is 12.1. The highest BCUT2D eigenvalue weighted by atomic mass is 35.5. The summed E-state index contributed by atoms with van der Waals surface area (Å²) >= 11 is 15.8. The van der Waals surface area contributed by atoms with Crippen LogP contribution in [0.2, 0.25) is 5.02 Å². The third-order valence-electron chi connectivity index (χ3n) is 4.50. The van der Waals surface area contributed by atoms with E-state index in [1.165, 1.54) is 20.9 Å². The summed E-state index contributed by atoms with van der Waals surface area (Å²) in [5.74, 6) is 0.924. The number of halogens is 2. The molecule has 0 fully saturated rings. The Kier molecular flexibility index (Phi) is 5.14. The van der Waals surface area contributed by atoms with E-state index in [2.05, 4.69) is 11.4 Å². The number of amides is 1. The summed E-state index contributed by atoms with van der Waals surface area (Å²) in [7, 11) is 0. The van der Waals surface area contributed by atoms with Crippen molar-refractivity contribution in [3.63, 3.8) is 0 Å². The molecule has 1 N–H and O–H groups in total. The third-order valence-corrected chi connectivity index (χ3v) is 7.56. The van der Waals surface area contributed by atoms with E-state index in [0.29, 0.717) is 11.6 Å². The Bertz CT molecular complexity index is 859. The van der Waals surface area contributed by atoms with Gasteiger partial charge in [-0.3, -0.25) is 4.79 Å². The number of thioether (sulfide) groups is 1. The Morgan fingerprint density at radius 3 is 3.04 bits per heavy atom. The van der Waals surface area contributed by atoms with Crippen LogP contribution < -0.4 is 5.32 Å². The molecule has 4 rings (SSSR count). The van der Waals surface area contributed by atoms with Crippen LogP contribution in [0.1, 0.15) is 44.9 Å². The highest BCUT2D eigenvalue weighted by molar-refractivity contribution is 8.02. The molecule has 130 valence electrons. The second kappa shape index (κ2) is 7.36. The number of hydrogen-bond donors (Lipinski definition) is 1. The van der Waals surface area contributed by atoms with E-state index in [1.807, 2.05) is 36.0 Å². The zero-order valence-corrected chi connectivity index (χ0v) is 16.6. The Morgan fingerprint density at radius 1 is 1.32 bits per heavy atom. The van der Waals surface area contributed by atoms with Crippen molar-refractivity contribution >= 4 is 57.8 Å². The SMILES string of the molecule is O=C(NCc1cccc(Cl)c1)c1cc2c(s1)C1=C(CC(Cl)CC1)SC2. The van der Waals surface area contributed by atoms with Gasteiger partial charge in [-0.1, -0.05) is 23.7 Å². The molecule has 1 aromatic heterocycles. The van der Waals surface area contributed by atoms with Crippen LogP contribution in [0, 0.1) is 0 Å². The molecule has 1 unspecified atom stereocenters. The molecule has 0 bridgehead atoms. The largest absolute Gasteiger partial charge is 0.347 e. The van der Waals surface area contributed by atoms with Crippen molar-refractivity contribution in [2.45, 2.75) is 36.9 Å². The number of carbonyl (C=O) groups excluding carboxylic acids is 1. The predicted octanol–water partition coefficient (Wildman–Crippen LogP) is 6.08. The first kappa shape index (κ1) is 17.5. The minimum Gasteiger partial charge on any atom is -0.347 e. The number of alkyl halides is 1. The first-order valence-corrected chi connectivity index (χ1v) is 10.9. The van der Waals surface area contributed by atoms with Crippen molar-refractivity contribution in [3.8, 4) is 0 Å². The van der Waals surface area contributed by atoms with Crippen molar-refractivity contribution in [2.24, 2.45) is 0 Å². The topological polar surface area (TPSA) is 29.1 Å². The van der Waals surface area contributed by atoms with Crippen LogP contribution in [0.4, 0.5) is 0 Å². The molecule has 1 amide bonds. The molecule has 0 saturated carbocycles. The number of benzene rings is 1. The van der Waals surface area contributed by atoms with Gasteiger partial charge in [0.1, 0.15) is 0 Å². The fourth-order valence-electron chi connectivity index (χ4n) is 3.24. The summed E-state index contributed by atoms with van der Waals surface area (Å²) in [4.78, 5) is 16.1. The number of rotatable bonds is 3. The van der Waals surface area contributed by atoms with Crippen LogP contribution in [0.5, 0.6) is 0 Å². The maximum Gasteiger partial charge on any atom is 0.261 e. The molecule has 0 spiro atoms. The number of allylic oxidation sites excluding steroid dienone is 2. The van der Waals surface area contributed by atoms with Gasteiger partial charge in [0, 0.05) is 27.6 Å². The summed E-state index contributed by atoms with van der Waals surface area (Å²) in [6.45, 7) is 0.485. The molecule has 1 aliphatic carbocycles. The van der Waals surface area contributed by atoms with E-state index in [9.17, 15) is 4.79 Å². The molecular weight excluding hydrogens is 393 g/mol. The Hall–Kier alpha value is -0.940. The number of thiophene rings is 1. The van der Waals surface area contributed by atoms with Crippen molar-refractivity contribution in [1.29, 1.82) is 0 Å². The van der Waals surface area contributed by atoms with Gasteiger partial charge in [0.05, 0.1) is 4.88 Å². The fourth-order valence-corrected chi connectivity index (χ4v) is 6.41. The van der Waals surface area contributed by atoms with Gasteiger partial charge >= 0.3 is 0 Å². The average Bonchev–Trinajstić information content (AvgIpc) is 3.04. The maximum absolute atomic E-state index is 12.6. The average molecular weight is 410 g/mol. The van der Waals surface area contributed by atoms with Gasteiger partial charge in [-0.25, -0.2) is 0 Å². The first-order valence-electron chi connectivity index (χ1n) is 8.25. The number of nitrogens with one attached hydrogen (secondary N) is 1. The molecule has 0 radical (unpaired) electrons. The smallest absolute Gasteiger partial charge is 0.261 e. The van der Waals surface area contributed by atoms with Crippen molar-refractivity contribution < 1.29 is 4.79 Å². The van der Waals surface area contributed by atoms with E-state index in [0.717, 1.165) is 35.5 Å². The van der Waals surface area contributed by atoms with Crippen molar-refractivity contribution in [1.82, 2.24) is 5.32 Å². The summed E-state index contributed by atoms with van der Waals surface area (Å²) in [6, 6.07) is 9.62. The van der Waals surface area contributed by atoms with Gasteiger partial charge in [0.25, 0.3) is 5.91 Å². The van der Waals surface area contributed by atoms with Gasteiger partial charge < -0.3 is 5.32 Å². The lowest BCUT2D eigenvalue weighted by Crippen LogP contribution is -2.21. The Morgan fingerprint density at radius 2 is 2.20 bits per heavy atom. The quantitative estimate of drug-likeness (QED) is 0.622. The van der Waals surface area contributed by atoms with Crippen LogP contribution in [0.25, 0.3) is 5.57 Å². The molecule has 1 aromatic carbocycles. The monoisotopic (exact) mass is 409 g/mol. The highest BCUT2D eigenvalue weighted by Crippen LogP contribution is 2.48. The van der Waals surface area contributed by atoms with Crippen LogP contribution in [-0.2, 0) is 12.3 Å². The van der Waals surface area contributed by atoms with Crippen LogP contribution in [-0.4, -0.2) is 11.3 Å². The van der Waals surface area contributed by atoms with Crippen molar-refractivity contribution in [2.75, 3.05) is 0 Å². The number of hydrogen-bond acceptors (Lipinski definition) is 3. The Balaban J connectivity index is 1.50. The van der Waals surface area contributed by atoms with Gasteiger partial charge in [0.15, 0.2) is 0 Å². The lowest BCUT2D eigenvalue weighted by atomic mass is 9.96. The molecule has 6 heteroatoms. The summed E-state index contributed by atoms with van der Waals surface area (Å²) in [5.41, 5.74) is 3.71. The number of carbonyl (C=O) groups is 1. The molecule has 0 saturated heterocycles. The van der Waals surface area contributed by atoms with Crippen molar-refractivity contribution in [3.05, 3.63) is 61.1 Å². The zero-order chi connectivity index (χ0) is 17.4. The molecule has 1 atom stereocenters. The van der Waals surface area contributed by atoms with E-state index in [-0.39, 0.29) is 11.3 Å². The lowest BCUT2D eigenvalue weighted by Gasteiger charge is -2.26. The van der Waals surface area contributed by atoms with E-state index >= 15 is 0 Å². The highest BCUT2D eigenvalue weighted by Gasteiger charge is 2.28.